The molecule has 0 spiro atoms. The van der Waals surface area contributed by atoms with Crippen molar-refractivity contribution in [2.24, 2.45) is 0 Å². The number of hydrogen-bond donors (Lipinski definition) is 0. The third kappa shape index (κ3) is 4.39. The molecule has 1 rings (SSSR count). The van der Waals surface area contributed by atoms with Gasteiger partial charge < -0.3 is 0 Å². The summed E-state index contributed by atoms with van der Waals surface area (Å²) >= 11 is 4.75. The molecule has 0 saturated heterocycles. The van der Waals surface area contributed by atoms with Crippen LogP contribution in [0.4, 0.5) is 0 Å². The van der Waals surface area contributed by atoms with Gasteiger partial charge in [-0.05, 0) is 12.1 Å². The van der Waals surface area contributed by atoms with Crippen LogP contribution in [0.3, 0.4) is 0 Å². The SMILES string of the molecule is [Li][Br].c1ccncc1. The maximum absolute atomic E-state index is 3.78. The summed E-state index contributed by atoms with van der Waals surface area (Å²) in [5, 5.41) is 0. The fourth-order valence-corrected chi connectivity index (χ4v) is 0.313. The van der Waals surface area contributed by atoms with E-state index in [0.717, 1.165) is 0 Å². The fourth-order valence-electron chi connectivity index (χ4n) is 0.313. The number of nitrogens with zero attached hydrogens (tertiary/aromatic N) is 1. The van der Waals surface area contributed by atoms with E-state index in [2.05, 4.69) is 18.7 Å². The summed E-state index contributed by atoms with van der Waals surface area (Å²) in [7, 11) is 0. The quantitative estimate of drug-likeness (QED) is 0.532. The molecule has 1 heterocycles. The van der Waals surface area contributed by atoms with Crippen molar-refractivity contribution >= 4 is 29.5 Å². The van der Waals surface area contributed by atoms with E-state index in [1.54, 1.807) is 12.4 Å². The van der Waals surface area contributed by atoms with Crippen molar-refractivity contribution in [1.29, 1.82) is 0 Å². The van der Waals surface area contributed by atoms with E-state index in [1.807, 2.05) is 34.0 Å². The van der Waals surface area contributed by atoms with Gasteiger partial charge in [0.2, 0.25) is 0 Å². The monoisotopic (exact) mass is 165 g/mol. The zero-order valence-corrected chi connectivity index (χ0v) is 6.30. The standard InChI is InChI=1S/C5H5N.BrH.Li/c1-2-4-6-5-3-1;;/h1-5H;1H;/q;;+1/p-1. The molecule has 1 aromatic rings. The number of halogens is 1. The number of rotatable bonds is 0. The molecule has 0 aliphatic rings. The Kier molecular flexibility index (Phi) is 7.43. The molecule has 1 aromatic heterocycles. The average Bonchev–Trinajstić information content (AvgIpc) is 1.96. The van der Waals surface area contributed by atoms with Crippen LogP contribution in [0.2, 0.25) is 0 Å². The predicted molar refractivity (Wildman–Crippen MR) is 38.9 cm³/mol. The largest absolute Gasteiger partial charge is 0.265 e. The smallest absolute Gasteiger partial charge is 0.0267 e. The first-order valence-electron chi connectivity index (χ1n) is 2.23. The second-order valence-electron chi connectivity index (χ2n) is 1.02. The number of pyridine rings is 1. The minimum absolute atomic E-state index is 1.75. The second kappa shape index (κ2) is 7.23. The molecule has 38 valence electrons. The van der Waals surface area contributed by atoms with Crippen LogP contribution in [0.15, 0.2) is 30.6 Å². The average molecular weight is 166 g/mol. The van der Waals surface area contributed by atoms with Gasteiger partial charge in [0.05, 0.1) is 0 Å². The summed E-state index contributed by atoms with van der Waals surface area (Å²) in [5.74, 6) is 0. The van der Waals surface area contributed by atoms with Crippen molar-refractivity contribution in [2.45, 2.75) is 0 Å². The van der Waals surface area contributed by atoms with Crippen LogP contribution in [0.1, 0.15) is 0 Å². The van der Waals surface area contributed by atoms with Gasteiger partial charge >= 0.3 is 29.5 Å². The topological polar surface area (TPSA) is 12.9 Å². The molecule has 8 heavy (non-hydrogen) atoms. The Labute approximate surface area is 65.2 Å². The van der Waals surface area contributed by atoms with Crippen molar-refractivity contribution in [1.82, 2.24) is 4.98 Å². The third-order valence-electron chi connectivity index (χ3n) is 0.566. The molecule has 0 aromatic carbocycles. The molecule has 0 fully saturated rings. The Balaban J connectivity index is 0.000000222. The molecule has 0 radical (unpaired) electrons. The number of aromatic nitrogens is 1. The minimum atomic E-state index is 1.75. The predicted octanol–water partition coefficient (Wildman–Crippen LogP) is 1.55. The van der Waals surface area contributed by atoms with Crippen LogP contribution in [0.25, 0.3) is 0 Å². The number of hydrogen-bond acceptors (Lipinski definition) is 1. The van der Waals surface area contributed by atoms with Gasteiger partial charge in [0.15, 0.2) is 0 Å². The Hall–Kier alpha value is 0.227. The molecular weight excluding hydrogens is 161 g/mol. The first-order chi connectivity index (χ1) is 4.00. The van der Waals surface area contributed by atoms with E-state index in [0.29, 0.717) is 0 Å². The maximum atomic E-state index is 3.78. The summed E-state index contributed by atoms with van der Waals surface area (Å²) in [6, 6.07) is 5.72. The molecular formula is C5H5BrLiN. The first kappa shape index (κ1) is 8.23. The van der Waals surface area contributed by atoms with Crippen LogP contribution in [-0.4, -0.2) is 20.8 Å². The normalized spacial score (nSPS) is 6.88. The first-order valence-corrected chi connectivity index (χ1v) is 3.81. The fraction of sp³-hybridized carbons (Fsp3) is 0. The second-order valence-corrected chi connectivity index (χ2v) is 1.02. The summed E-state index contributed by atoms with van der Waals surface area (Å²) in [4.78, 5) is 3.78. The van der Waals surface area contributed by atoms with Gasteiger partial charge in [-0.3, -0.25) is 4.98 Å². The molecule has 0 saturated carbocycles. The summed E-state index contributed by atoms with van der Waals surface area (Å²) in [5.41, 5.74) is 0. The molecule has 1 nitrogen and oxygen atoms in total. The van der Waals surface area contributed by atoms with E-state index in [1.165, 1.54) is 0 Å². The molecule has 0 aliphatic carbocycles. The van der Waals surface area contributed by atoms with Gasteiger partial charge in [0.25, 0.3) is 0 Å². The van der Waals surface area contributed by atoms with Crippen LogP contribution in [-0.2, 0) is 0 Å². The summed E-state index contributed by atoms with van der Waals surface area (Å²) in [6.45, 7) is 0. The van der Waals surface area contributed by atoms with Crippen molar-refractivity contribution in [3.8, 4) is 0 Å². The van der Waals surface area contributed by atoms with Crippen molar-refractivity contribution in [3.05, 3.63) is 30.6 Å². The van der Waals surface area contributed by atoms with Gasteiger partial charge in [0, 0.05) is 12.4 Å². The molecule has 0 amide bonds. The zero-order chi connectivity index (χ0) is 6.24. The Morgan fingerprint density at radius 1 is 1.00 bits per heavy atom. The van der Waals surface area contributed by atoms with Crippen LogP contribution in [0.5, 0.6) is 0 Å². The molecule has 0 aliphatic heterocycles. The van der Waals surface area contributed by atoms with Gasteiger partial charge in [-0.2, -0.15) is 0 Å². The van der Waals surface area contributed by atoms with Crippen LogP contribution < -0.4 is 0 Å². The molecule has 3 heteroatoms. The van der Waals surface area contributed by atoms with E-state index in [9.17, 15) is 0 Å². The summed E-state index contributed by atoms with van der Waals surface area (Å²) < 4.78 is 0. The molecule has 0 atom stereocenters. The van der Waals surface area contributed by atoms with Gasteiger partial charge in [-0.1, -0.05) is 6.07 Å². The van der Waals surface area contributed by atoms with Crippen molar-refractivity contribution in [3.63, 3.8) is 0 Å². The van der Waals surface area contributed by atoms with Gasteiger partial charge in [0.1, 0.15) is 0 Å². The van der Waals surface area contributed by atoms with Gasteiger partial charge in [-0.25, -0.2) is 0 Å². The van der Waals surface area contributed by atoms with Gasteiger partial charge in [-0.15, -0.1) is 0 Å². The molecule has 0 N–H and O–H groups in total. The van der Waals surface area contributed by atoms with E-state index in [4.69, 9.17) is 0 Å². The van der Waals surface area contributed by atoms with E-state index < -0.39 is 0 Å². The maximum Gasteiger partial charge on any atom is 0.0267 e. The van der Waals surface area contributed by atoms with Crippen molar-refractivity contribution < 1.29 is 0 Å². The Morgan fingerprint density at radius 3 is 1.62 bits per heavy atom. The zero-order valence-electron chi connectivity index (χ0n) is 4.71. The van der Waals surface area contributed by atoms with Crippen LogP contribution in [0, 0.1) is 0 Å². The van der Waals surface area contributed by atoms with E-state index in [-0.39, 0.29) is 0 Å². The Morgan fingerprint density at radius 2 is 1.50 bits per heavy atom. The van der Waals surface area contributed by atoms with Crippen molar-refractivity contribution in [2.75, 3.05) is 0 Å². The minimum Gasteiger partial charge on any atom is -0.265 e. The summed E-state index contributed by atoms with van der Waals surface area (Å²) in [6.07, 6.45) is 3.50. The van der Waals surface area contributed by atoms with Crippen LogP contribution >= 0.6 is 13.7 Å². The third-order valence-corrected chi connectivity index (χ3v) is 0.566. The molecule has 0 unspecified atom stereocenters. The van der Waals surface area contributed by atoms with E-state index >= 15 is 0 Å². The molecule has 0 bridgehead atoms. The Bertz CT molecular complexity index is 84.4.